The number of allylic oxidation sites excluding steroid dienone is 1. The fourth-order valence-corrected chi connectivity index (χ4v) is 2.36. The molecule has 0 radical (unpaired) electrons. The van der Waals surface area contributed by atoms with Crippen LogP contribution in [0, 0.1) is 0 Å². The smallest absolute Gasteiger partial charge is 0.416 e. The molecule has 3 rings (SSSR count). The molecule has 0 saturated carbocycles. The lowest BCUT2D eigenvalue weighted by Crippen LogP contribution is -2.05. The first kappa shape index (κ1) is 19.3. The van der Waals surface area contributed by atoms with Gasteiger partial charge in [0.15, 0.2) is 5.78 Å². The van der Waals surface area contributed by atoms with Crippen LogP contribution >= 0.6 is 0 Å². The number of rotatable bonds is 6. The summed E-state index contributed by atoms with van der Waals surface area (Å²) in [6, 6.07) is 13.6. The first-order chi connectivity index (χ1) is 13.3. The van der Waals surface area contributed by atoms with Crippen molar-refractivity contribution in [3.63, 3.8) is 0 Å². The van der Waals surface area contributed by atoms with Crippen molar-refractivity contribution in [1.29, 1.82) is 0 Å². The number of benzene rings is 2. The van der Waals surface area contributed by atoms with Gasteiger partial charge in [-0.15, -0.1) is 0 Å². The Morgan fingerprint density at radius 2 is 1.82 bits per heavy atom. The Bertz CT molecular complexity index is 985. The van der Waals surface area contributed by atoms with Crippen LogP contribution in [0.15, 0.2) is 71.2 Å². The highest BCUT2D eigenvalue weighted by Crippen LogP contribution is 2.31. The number of carbonyl (C=O) groups excluding carboxylic acids is 1. The van der Waals surface area contributed by atoms with E-state index in [0.29, 0.717) is 17.1 Å². The molecule has 28 heavy (non-hydrogen) atoms. The van der Waals surface area contributed by atoms with Gasteiger partial charge in [-0.3, -0.25) is 4.79 Å². The Morgan fingerprint density at radius 3 is 2.54 bits per heavy atom. The van der Waals surface area contributed by atoms with E-state index in [1.165, 1.54) is 48.6 Å². The molecule has 0 fully saturated rings. The third-order valence-electron chi connectivity index (χ3n) is 3.78. The quantitative estimate of drug-likeness (QED) is 0.449. The lowest BCUT2D eigenvalue weighted by Gasteiger charge is -2.09. The summed E-state index contributed by atoms with van der Waals surface area (Å²) in [6.07, 6.45) is -1.64. The first-order valence-corrected chi connectivity index (χ1v) is 8.21. The topological polar surface area (TPSA) is 59.7 Å². The summed E-state index contributed by atoms with van der Waals surface area (Å²) in [5, 5.41) is 9.23. The van der Waals surface area contributed by atoms with Crippen LogP contribution in [0.5, 0.6) is 11.5 Å². The number of phenolic OH excluding ortho intramolecular Hbond substituents is 1. The molecule has 2 aromatic carbocycles. The second kappa shape index (κ2) is 8.04. The van der Waals surface area contributed by atoms with Crippen LogP contribution in [0.25, 0.3) is 6.08 Å². The Kier molecular flexibility index (Phi) is 5.54. The molecule has 0 aliphatic rings. The zero-order valence-electron chi connectivity index (χ0n) is 14.4. The summed E-state index contributed by atoms with van der Waals surface area (Å²) in [4.78, 5) is 12.0. The monoisotopic (exact) mass is 388 g/mol. The molecule has 1 aromatic heterocycles. The molecule has 0 saturated heterocycles. The van der Waals surface area contributed by atoms with Gasteiger partial charge in [0.2, 0.25) is 0 Å². The van der Waals surface area contributed by atoms with Crippen molar-refractivity contribution in [2.24, 2.45) is 0 Å². The summed E-state index contributed by atoms with van der Waals surface area (Å²) in [5.41, 5.74) is -0.380. The number of aromatic hydroxyl groups is 1. The molecule has 4 nitrogen and oxygen atoms in total. The minimum absolute atomic E-state index is 0.0545. The predicted octanol–water partition coefficient (Wildman–Crippen LogP) is 5.48. The number of alkyl halides is 3. The Labute approximate surface area is 158 Å². The number of hydrogen-bond acceptors (Lipinski definition) is 4. The van der Waals surface area contributed by atoms with E-state index in [9.17, 15) is 23.1 Å². The lowest BCUT2D eigenvalue weighted by molar-refractivity contribution is -0.137. The molecular weight excluding hydrogens is 373 g/mol. The van der Waals surface area contributed by atoms with Crippen molar-refractivity contribution in [2.45, 2.75) is 12.8 Å². The second-order valence-electron chi connectivity index (χ2n) is 5.86. The molecule has 7 heteroatoms. The van der Waals surface area contributed by atoms with E-state index in [1.54, 1.807) is 12.1 Å². The Morgan fingerprint density at radius 1 is 1.07 bits per heavy atom. The number of ether oxygens (including phenoxy) is 1. The molecule has 0 aliphatic heterocycles. The third-order valence-corrected chi connectivity index (χ3v) is 3.78. The molecule has 3 aromatic rings. The molecule has 0 aliphatic carbocycles. The van der Waals surface area contributed by atoms with Crippen LogP contribution in [0.1, 0.15) is 27.4 Å². The molecular formula is C21H15F3O4. The summed E-state index contributed by atoms with van der Waals surface area (Å²) in [5.74, 6) is 0.671. The minimum Gasteiger partial charge on any atom is -0.508 e. The van der Waals surface area contributed by atoms with E-state index in [-0.39, 0.29) is 23.9 Å². The Hall–Kier alpha value is -3.48. The van der Waals surface area contributed by atoms with Gasteiger partial charge in [-0.2, -0.15) is 13.2 Å². The summed E-state index contributed by atoms with van der Waals surface area (Å²) in [6.45, 7) is -0.0545. The number of halogens is 3. The van der Waals surface area contributed by atoms with E-state index >= 15 is 0 Å². The van der Waals surface area contributed by atoms with Crippen LogP contribution in [-0.4, -0.2) is 10.9 Å². The summed E-state index contributed by atoms with van der Waals surface area (Å²) >= 11 is 0. The fraction of sp³-hybridized carbons (Fsp3) is 0.0952. The lowest BCUT2D eigenvalue weighted by atomic mass is 10.1. The normalized spacial score (nSPS) is 11.7. The van der Waals surface area contributed by atoms with Gasteiger partial charge in [-0.1, -0.05) is 6.07 Å². The van der Waals surface area contributed by atoms with Crippen molar-refractivity contribution in [3.8, 4) is 11.5 Å². The van der Waals surface area contributed by atoms with E-state index in [4.69, 9.17) is 9.15 Å². The molecule has 0 unspecified atom stereocenters. The maximum absolute atomic E-state index is 12.7. The van der Waals surface area contributed by atoms with Gasteiger partial charge >= 0.3 is 6.18 Å². The second-order valence-corrected chi connectivity index (χ2v) is 5.86. The zero-order chi connectivity index (χ0) is 20.1. The molecule has 0 spiro atoms. The standard InChI is InChI=1S/C21H15F3O4/c22-21(23,24)15-2-1-3-18(12-15)27-13-19-9-8-17(28-19)10-11-20(26)14-4-6-16(25)7-5-14/h1-12,25H,13H2/b11-10+. The number of carbonyl (C=O) groups is 1. The highest BCUT2D eigenvalue weighted by Gasteiger charge is 2.30. The van der Waals surface area contributed by atoms with Gasteiger partial charge in [0.1, 0.15) is 29.6 Å². The number of phenols is 1. The number of furan rings is 1. The van der Waals surface area contributed by atoms with E-state index in [0.717, 1.165) is 12.1 Å². The van der Waals surface area contributed by atoms with Gasteiger partial charge in [0.05, 0.1) is 5.56 Å². The van der Waals surface area contributed by atoms with Crippen LogP contribution in [0.4, 0.5) is 13.2 Å². The summed E-state index contributed by atoms with van der Waals surface area (Å²) in [7, 11) is 0. The van der Waals surface area contributed by atoms with Gasteiger partial charge < -0.3 is 14.3 Å². The predicted molar refractivity (Wildman–Crippen MR) is 96.0 cm³/mol. The van der Waals surface area contributed by atoms with Gasteiger partial charge in [-0.05, 0) is 66.7 Å². The highest BCUT2D eigenvalue weighted by atomic mass is 19.4. The molecule has 0 bridgehead atoms. The summed E-state index contributed by atoms with van der Waals surface area (Å²) < 4.78 is 48.9. The first-order valence-electron chi connectivity index (χ1n) is 8.21. The largest absolute Gasteiger partial charge is 0.508 e. The molecule has 0 atom stereocenters. The average Bonchev–Trinajstić information content (AvgIpc) is 3.12. The van der Waals surface area contributed by atoms with Crippen LogP contribution < -0.4 is 4.74 Å². The maximum atomic E-state index is 12.7. The third kappa shape index (κ3) is 5.03. The fourth-order valence-electron chi connectivity index (χ4n) is 2.36. The van der Waals surface area contributed by atoms with Crippen molar-refractivity contribution in [1.82, 2.24) is 0 Å². The van der Waals surface area contributed by atoms with Crippen molar-refractivity contribution >= 4 is 11.9 Å². The van der Waals surface area contributed by atoms with Crippen molar-refractivity contribution in [3.05, 3.63) is 89.4 Å². The molecule has 144 valence electrons. The average molecular weight is 388 g/mol. The minimum atomic E-state index is -4.44. The molecule has 1 heterocycles. The van der Waals surface area contributed by atoms with Crippen LogP contribution in [0.2, 0.25) is 0 Å². The van der Waals surface area contributed by atoms with E-state index < -0.39 is 11.7 Å². The van der Waals surface area contributed by atoms with Crippen LogP contribution in [0.3, 0.4) is 0 Å². The zero-order valence-corrected chi connectivity index (χ0v) is 14.4. The SMILES string of the molecule is O=C(/C=C/c1ccc(COc2cccc(C(F)(F)F)c2)o1)c1ccc(O)cc1. The van der Waals surface area contributed by atoms with Crippen molar-refractivity contribution < 1.29 is 32.2 Å². The number of ketones is 1. The maximum Gasteiger partial charge on any atom is 0.416 e. The highest BCUT2D eigenvalue weighted by molar-refractivity contribution is 6.06. The van der Waals surface area contributed by atoms with Crippen LogP contribution in [-0.2, 0) is 12.8 Å². The van der Waals surface area contributed by atoms with Gasteiger partial charge in [-0.25, -0.2) is 0 Å². The van der Waals surface area contributed by atoms with Gasteiger partial charge in [0.25, 0.3) is 0 Å². The van der Waals surface area contributed by atoms with Gasteiger partial charge in [0, 0.05) is 5.56 Å². The molecule has 0 amide bonds. The van der Waals surface area contributed by atoms with E-state index in [2.05, 4.69) is 0 Å². The van der Waals surface area contributed by atoms with E-state index in [1.807, 2.05) is 0 Å². The molecule has 1 N–H and O–H groups in total. The number of hydrogen-bond donors (Lipinski definition) is 1. The van der Waals surface area contributed by atoms with Crippen molar-refractivity contribution in [2.75, 3.05) is 0 Å². The Balaban J connectivity index is 1.60.